The van der Waals surface area contributed by atoms with E-state index >= 15 is 0 Å². The largest absolute Gasteiger partial charge is 0.508 e. The molecule has 7 amide bonds. The Morgan fingerprint density at radius 1 is 0.697 bits per heavy atom. The van der Waals surface area contributed by atoms with E-state index in [0.29, 0.717) is 12.8 Å². The number of ether oxygens (including phenoxy) is 1. The van der Waals surface area contributed by atoms with E-state index in [-0.39, 0.29) is 30.0 Å². The van der Waals surface area contributed by atoms with Gasteiger partial charge in [0.05, 0.1) is 24.4 Å². The van der Waals surface area contributed by atoms with Crippen LogP contribution in [0.2, 0.25) is 0 Å². The van der Waals surface area contributed by atoms with Crippen molar-refractivity contribution in [1.29, 1.82) is 0 Å². The minimum absolute atomic E-state index is 0.0741. The number of nitrogens with zero attached hydrogens (tertiary/aromatic N) is 2. The molecule has 1 unspecified atom stereocenters. The van der Waals surface area contributed by atoms with Crippen LogP contribution in [-0.4, -0.2) is 195 Å². The Balaban J connectivity index is 1.38. The van der Waals surface area contributed by atoms with Gasteiger partial charge in [-0.15, -0.1) is 0 Å². The first-order valence-corrected chi connectivity index (χ1v) is 25.2. The van der Waals surface area contributed by atoms with Crippen molar-refractivity contribution in [2.75, 3.05) is 13.1 Å². The number of rotatable bonds is 13. The smallest absolute Gasteiger partial charge is 0.261 e. The standard InChI is InChI=1S/C52H69N7O17/c1-5-6-12-37(76-33-19-15-29(16-20-33)28-10-8-7-9-11-28)48(71)53-34-22-36(64)47(70)57-50(73)41-42(65)25(2)23-59(41)52(75)39(27(4)61)55-49(72)40(44(67)43(66)30-13-17-31(62)18-14-30)56-46(69)35-21-32(63)24-58(35)51(74)38(26(3)60)54-45(34)68/h7-11,13-20,25-27,32,34-44,47,60-67,70H,5-6,12,21-24H2,1-4H3,(H,53,71)(H,54,68)(H,55,72)(H,56,69)(H,57,73)/t25-,26+,27+,32+,34-,35-,36+,37?,38-,39-,40-,41-,42-,43-,44-,47+/m0/s1. The number of aliphatic hydroxyl groups is 8. The fraction of sp³-hybridized carbons (Fsp3) is 0.519. The number of phenolic OH excluding ortho intramolecular Hbond substituents is 1. The molecule has 3 heterocycles. The number of carbonyl (C=O) groups excluding carboxylic acids is 7. The van der Waals surface area contributed by atoms with E-state index in [1.54, 1.807) is 24.3 Å². The molecular formula is C52H69N7O17. The predicted octanol–water partition coefficient (Wildman–Crippen LogP) is -2.84. The van der Waals surface area contributed by atoms with Gasteiger partial charge >= 0.3 is 0 Å². The van der Waals surface area contributed by atoms with Crippen LogP contribution in [0.25, 0.3) is 11.1 Å². The van der Waals surface area contributed by atoms with Crippen LogP contribution in [-0.2, 0) is 33.6 Å². The van der Waals surface area contributed by atoms with Gasteiger partial charge in [0.1, 0.15) is 66.1 Å². The number of phenols is 1. The van der Waals surface area contributed by atoms with E-state index in [1.807, 2.05) is 37.3 Å². The zero-order chi connectivity index (χ0) is 55.7. The molecule has 3 aromatic rings. The summed E-state index contributed by atoms with van der Waals surface area (Å²) in [7, 11) is 0. The molecule has 0 bridgehead atoms. The number of benzene rings is 3. The molecule has 3 aliphatic heterocycles. The molecule has 0 spiro atoms. The molecule has 14 N–H and O–H groups in total. The fourth-order valence-electron chi connectivity index (χ4n) is 9.44. The average molecular weight is 1060 g/mol. The third-order valence-corrected chi connectivity index (χ3v) is 13.8. The summed E-state index contributed by atoms with van der Waals surface area (Å²) >= 11 is 0. The Kier molecular flexibility index (Phi) is 19.9. The highest BCUT2D eigenvalue weighted by molar-refractivity contribution is 5.98. The van der Waals surface area contributed by atoms with Crippen molar-refractivity contribution in [3.05, 3.63) is 84.4 Å². The molecule has 0 aliphatic carbocycles. The van der Waals surface area contributed by atoms with E-state index in [9.17, 15) is 79.5 Å². The molecule has 3 saturated heterocycles. The van der Waals surface area contributed by atoms with Crippen LogP contribution < -0.4 is 31.3 Å². The van der Waals surface area contributed by atoms with E-state index in [4.69, 9.17) is 4.74 Å². The van der Waals surface area contributed by atoms with Crippen LogP contribution in [0.1, 0.15) is 71.5 Å². The maximum atomic E-state index is 14.5. The highest BCUT2D eigenvalue weighted by Crippen LogP contribution is 2.29. The first-order chi connectivity index (χ1) is 36.0. The maximum Gasteiger partial charge on any atom is 0.261 e. The fourth-order valence-corrected chi connectivity index (χ4v) is 9.44. The Morgan fingerprint density at radius 3 is 1.88 bits per heavy atom. The third kappa shape index (κ3) is 14.0. The van der Waals surface area contributed by atoms with Crippen LogP contribution in [0, 0.1) is 5.92 Å². The minimum atomic E-state index is -2.29. The molecule has 414 valence electrons. The lowest BCUT2D eigenvalue weighted by atomic mass is 9.96. The van der Waals surface area contributed by atoms with Crippen molar-refractivity contribution in [3.63, 3.8) is 0 Å². The van der Waals surface area contributed by atoms with Crippen LogP contribution in [0.15, 0.2) is 78.9 Å². The quantitative estimate of drug-likeness (QED) is 0.0820. The molecule has 76 heavy (non-hydrogen) atoms. The number of aromatic hydroxyl groups is 1. The first kappa shape index (κ1) is 58.5. The molecule has 3 aromatic carbocycles. The second-order valence-corrected chi connectivity index (χ2v) is 19.7. The molecule has 24 heteroatoms. The van der Waals surface area contributed by atoms with Crippen molar-refractivity contribution in [2.24, 2.45) is 5.92 Å². The molecule has 0 saturated carbocycles. The van der Waals surface area contributed by atoms with Crippen molar-refractivity contribution in [1.82, 2.24) is 36.4 Å². The van der Waals surface area contributed by atoms with Gasteiger partial charge < -0.3 is 87.1 Å². The number of hydrogen-bond acceptors (Lipinski definition) is 17. The van der Waals surface area contributed by atoms with Gasteiger partial charge in [-0.05, 0) is 67.6 Å². The lowest BCUT2D eigenvalue weighted by Crippen LogP contribution is -2.64. The number of amides is 7. The molecule has 6 rings (SSSR count). The molecule has 3 fully saturated rings. The number of fused-ring (bicyclic) bond motifs is 2. The van der Waals surface area contributed by atoms with Gasteiger partial charge in [-0.1, -0.05) is 74.9 Å². The summed E-state index contributed by atoms with van der Waals surface area (Å²) in [6.45, 7) is 4.57. The van der Waals surface area contributed by atoms with Crippen molar-refractivity contribution in [2.45, 2.75) is 151 Å². The lowest BCUT2D eigenvalue weighted by molar-refractivity contribution is -0.148. The Morgan fingerprint density at radius 2 is 1.28 bits per heavy atom. The molecule has 0 radical (unpaired) electrons. The number of nitrogens with one attached hydrogen (secondary N) is 5. The van der Waals surface area contributed by atoms with Gasteiger partial charge in [0, 0.05) is 31.8 Å². The zero-order valence-electron chi connectivity index (χ0n) is 42.4. The normalized spacial score (nSPS) is 29.2. The minimum Gasteiger partial charge on any atom is -0.508 e. The molecule has 0 aromatic heterocycles. The van der Waals surface area contributed by atoms with Crippen LogP contribution in [0.3, 0.4) is 0 Å². The summed E-state index contributed by atoms with van der Waals surface area (Å²) in [5, 5.41) is 111. The van der Waals surface area contributed by atoms with Gasteiger partial charge in [0.15, 0.2) is 12.3 Å². The highest BCUT2D eigenvalue weighted by atomic mass is 16.5. The first-order valence-electron chi connectivity index (χ1n) is 25.2. The predicted molar refractivity (Wildman–Crippen MR) is 268 cm³/mol. The summed E-state index contributed by atoms with van der Waals surface area (Å²) in [5.74, 6) is -9.18. The van der Waals surface area contributed by atoms with Crippen LogP contribution in [0.5, 0.6) is 11.5 Å². The SMILES string of the molecule is CCCCC(Oc1ccc(-c2ccccc2)cc1)C(=O)N[C@H]1C[C@@H](O)[C@@H](O)NC(=O)[C@@H]2[C@@H](O)[C@@H](C)CN2C(=O)[C@H]([C@@H](C)O)NC(=O)[C@H]([C@H](O)[C@@H](O)c2ccc(O)cc2)NC(=O)[C@@H]2C[C@@H](O)CN2C(=O)[C@H]([C@@H](C)O)NC1=O. The summed E-state index contributed by atoms with van der Waals surface area (Å²) in [5.41, 5.74) is 1.70. The maximum absolute atomic E-state index is 14.5. The second-order valence-electron chi connectivity index (χ2n) is 19.7. The van der Waals surface area contributed by atoms with Gasteiger partial charge in [-0.25, -0.2) is 0 Å². The van der Waals surface area contributed by atoms with E-state index in [1.165, 1.54) is 19.1 Å². The van der Waals surface area contributed by atoms with Crippen molar-refractivity contribution < 1.29 is 84.3 Å². The lowest BCUT2D eigenvalue weighted by Gasteiger charge is -2.34. The number of hydrogen-bond donors (Lipinski definition) is 14. The van der Waals surface area contributed by atoms with E-state index in [0.717, 1.165) is 46.9 Å². The molecular weight excluding hydrogens is 995 g/mol. The highest BCUT2D eigenvalue weighted by Gasteiger charge is 2.50. The van der Waals surface area contributed by atoms with Gasteiger partial charge in [-0.2, -0.15) is 0 Å². The summed E-state index contributed by atoms with van der Waals surface area (Å²) in [6.07, 6.45) is -16.9. The number of carbonyl (C=O) groups is 7. The van der Waals surface area contributed by atoms with Crippen molar-refractivity contribution >= 4 is 41.4 Å². The molecule has 3 aliphatic rings. The Labute approximate surface area is 438 Å². The monoisotopic (exact) mass is 1060 g/mol. The topological polar surface area (TPSA) is 377 Å². The summed E-state index contributed by atoms with van der Waals surface area (Å²) < 4.78 is 6.14. The summed E-state index contributed by atoms with van der Waals surface area (Å²) in [4.78, 5) is 102. The van der Waals surface area contributed by atoms with Crippen LogP contribution in [0.4, 0.5) is 0 Å². The molecule has 16 atom stereocenters. The average Bonchev–Trinajstić information content (AvgIpc) is 3.95. The summed E-state index contributed by atoms with van der Waals surface area (Å²) in [6, 6.07) is 9.32. The third-order valence-electron chi connectivity index (χ3n) is 13.8. The van der Waals surface area contributed by atoms with E-state index < -0.39 is 158 Å². The van der Waals surface area contributed by atoms with Crippen molar-refractivity contribution in [3.8, 4) is 22.6 Å². The number of unbranched alkanes of at least 4 members (excludes halogenated alkanes) is 1. The van der Waals surface area contributed by atoms with Gasteiger partial charge in [0.2, 0.25) is 35.4 Å². The van der Waals surface area contributed by atoms with E-state index in [2.05, 4.69) is 26.6 Å². The second kappa shape index (κ2) is 25.8. The number of aliphatic hydroxyl groups excluding tert-OH is 8. The van der Waals surface area contributed by atoms with Gasteiger partial charge in [-0.3, -0.25) is 33.6 Å². The Hall–Kier alpha value is -6.77. The van der Waals surface area contributed by atoms with Crippen LogP contribution >= 0.6 is 0 Å². The molecule has 24 nitrogen and oxygen atoms in total. The zero-order valence-corrected chi connectivity index (χ0v) is 42.4. The van der Waals surface area contributed by atoms with Gasteiger partial charge in [0.25, 0.3) is 5.91 Å². The Bertz CT molecular complexity index is 2500.